The SMILES string of the molecule is CC(=O)Nc1ccc(-c2cccc(C[C@H](CC(=O)NO)n3cc(CNC(=O)c4ccc(F)cc4)nn3)c2)cc1. The molecule has 10 nitrogen and oxygen atoms in total. The summed E-state index contributed by atoms with van der Waals surface area (Å²) >= 11 is 0. The van der Waals surface area contributed by atoms with E-state index in [1.54, 1.807) is 11.7 Å². The van der Waals surface area contributed by atoms with Crippen LogP contribution in [0.3, 0.4) is 0 Å². The number of nitrogens with zero attached hydrogens (tertiary/aromatic N) is 3. The van der Waals surface area contributed by atoms with E-state index in [9.17, 15) is 18.8 Å². The average Bonchev–Trinajstić information content (AvgIpc) is 3.41. The lowest BCUT2D eigenvalue weighted by Crippen LogP contribution is -2.25. The summed E-state index contributed by atoms with van der Waals surface area (Å²) in [5, 5.41) is 22.8. The van der Waals surface area contributed by atoms with Crippen LogP contribution in [-0.2, 0) is 22.6 Å². The molecular formula is C28H27FN6O4. The summed E-state index contributed by atoms with van der Waals surface area (Å²) in [6, 6.07) is 20.0. The van der Waals surface area contributed by atoms with Crippen LogP contribution in [0.4, 0.5) is 10.1 Å². The highest BCUT2D eigenvalue weighted by molar-refractivity contribution is 5.94. The number of hydrogen-bond acceptors (Lipinski definition) is 6. The second kappa shape index (κ2) is 12.6. The third-order valence-corrected chi connectivity index (χ3v) is 5.95. The van der Waals surface area contributed by atoms with Gasteiger partial charge in [0, 0.05) is 18.2 Å². The summed E-state index contributed by atoms with van der Waals surface area (Å²) in [5.74, 6) is -1.54. The van der Waals surface area contributed by atoms with Crippen LogP contribution in [0, 0.1) is 5.82 Å². The largest absolute Gasteiger partial charge is 0.346 e. The predicted octanol–water partition coefficient (Wildman–Crippen LogP) is 3.65. The number of nitrogens with one attached hydrogen (secondary N) is 3. The molecule has 0 spiro atoms. The lowest BCUT2D eigenvalue weighted by molar-refractivity contribution is -0.130. The van der Waals surface area contributed by atoms with Crippen molar-refractivity contribution < 1.29 is 24.0 Å². The number of carbonyl (C=O) groups excluding carboxylic acids is 3. The molecule has 39 heavy (non-hydrogen) atoms. The fourth-order valence-corrected chi connectivity index (χ4v) is 4.07. The highest BCUT2D eigenvalue weighted by atomic mass is 19.1. The number of benzene rings is 3. The minimum absolute atomic E-state index is 0.0587. The van der Waals surface area contributed by atoms with Crippen molar-refractivity contribution in [1.29, 1.82) is 0 Å². The maximum atomic E-state index is 13.1. The van der Waals surface area contributed by atoms with Gasteiger partial charge in [0.25, 0.3) is 5.91 Å². The predicted molar refractivity (Wildman–Crippen MR) is 141 cm³/mol. The Morgan fingerprint density at radius 1 is 1.00 bits per heavy atom. The number of anilines is 1. The van der Waals surface area contributed by atoms with Gasteiger partial charge in [0.05, 0.1) is 25.2 Å². The lowest BCUT2D eigenvalue weighted by Gasteiger charge is -2.17. The van der Waals surface area contributed by atoms with E-state index >= 15 is 0 Å². The van der Waals surface area contributed by atoms with Crippen LogP contribution < -0.4 is 16.1 Å². The molecule has 0 aliphatic heterocycles. The Morgan fingerprint density at radius 3 is 2.44 bits per heavy atom. The summed E-state index contributed by atoms with van der Waals surface area (Å²) in [4.78, 5) is 35.6. The van der Waals surface area contributed by atoms with E-state index in [1.165, 1.54) is 35.9 Å². The second-order valence-corrected chi connectivity index (χ2v) is 8.94. The van der Waals surface area contributed by atoms with E-state index in [2.05, 4.69) is 20.9 Å². The molecule has 0 saturated heterocycles. The number of hydrogen-bond donors (Lipinski definition) is 4. The van der Waals surface area contributed by atoms with Crippen molar-refractivity contribution >= 4 is 23.4 Å². The molecule has 4 aromatic rings. The zero-order valence-corrected chi connectivity index (χ0v) is 21.1. The average molecular weight is 531 g/mol. The Balaban J connectivity index is 1.47. The molecule has 11 heteroatoms. The monoisotopic (exact) mass is 530 g/mol. The van der Waals surface area contributed by atoms with Crippen molar-refractivity contribution in [3.05, 3.63) is 102 Å². The molecule has 3 amide bonds. The molecule has 1 heterocycles. The third-order valence-electron chi connectivity index (χ3n) is 5.95. The molecule has 4 N–H and O–H groups in total. The van der Waals surface area contributed by atoms with Crippen LogP contribution in [0.15, 0.2) is 79.0 Å². The van der Waals surface area contributed by atoms with Gasteiger partial charge in [-0.05, 0) is 59.5 Å². The van der Waals surface area contributed by atoms with Gasteiger partial charge in [-0.25, -0.2) is 14.6 Å². The second-order valence-electron chi connectivity index (χ2n) is 8.94. The van der Waals surface area contributed by atoms with Crippen LogP contribution in [0.2, 0.25) is 0 Å². The Labute approximate surface area is 223 Å². The first-order chi connectivity index (χ1) is 18.8. The maximum absolute atomic E-state index is 13.1. The topological polar surface area (TPSA) is 138 Å². The molecule has 1 atom stereocenters. The van der Waals surface area contributed by atoms with E-state index in [-0.39, 0.29) is 24.8 Å². The van der Waals surface area contributed by atoms with Crippen molar-refractivity contribution in [2.45, 2.75) is 32.4 Å². The molecular weight excluding hydrogens is 503 g/mol. The van der Waals surface area contributed by atoms with Gasteiger partial charge in [-0.3, -0.25) is 19.6 Å². The Bertz CT molecular complexity index is 1450. The zero-order chi connectivity index (χ0) is 27.8. The number of carbonyl (C=O) groups is 3. The quantitative estimate of drug-likeness (QED) is 0.182. The van der Waals surface area contributed by atoms with Gasteiger partial charge in [-0.2, -0.15) is 0 Å². The summed E-state index contributed by atoms with van der Waals surface area (Å²) in [6.07, 6.45) is 1.98. The van der Waals surface area contributed by atoms with E-state index in [0.717, 1.165) is 16.7 Å². The van der Waals surface area contributed by atoms with Gasteiger partial charge in [0.15, 0.2) is 0 Å². The molecule has 0 unspecified atom stereocenters. The minimum Gasteiger partial charge on any atom is -0.346 e. The molecule has 1 aromatic heterocycles. The van der Waals surface area contributed by atoms with E-state index in [0.29, 0.717) is 23.4 Å². The van der Waals surface area contributed by atoms with Crippen LogP contribution >= 0.6 is 0 Å². The van der Waals surface area contributed by atoms with E-state index < -0.39 is 17.8 Å². The first kappa shape index (κ1) is 27.1. The van der Waals surface area contributed by atoms with Crippen molar-refractivity contribution in [3.63, 3.8) is 0 Å². The van der Waals surface area contributed by atoms with Gasteiger partial charge in [0.2, 0.25) is 11.8 Å². The van der Waals surface area contributed by atoms with Crippen LogP contribution in [0.25, 0.3) is 11.1 Å². The number of halogens is 1. The summed E-state index contributed by atoms with van der Waals surface area (Å²) in [7, 11) is 0. The molecule has 3 aromatic carbocycles. The maximum Gasteiger partial charge on any atom is 0.251 e. The lowest BCUT2D eigenvalue weighted by atomic mass is 9.98. The Kier molecular flexibility index (Phi) is 8.75. The summed E-state index contributed by atoms with van der Waals surface area (Å²) in [6.45, 7) is 1.53. The fraction of sp³-hybridized carbons (Fsp3) is 0.179. The molecule has 0 aliphatic carbocycles. The van der Waals surface area contributed by atoms with Crippen molar-refractivity contribution in [2.24, 2.45) is 0 Å². The molecule has 0 saturated carbocycles. The molecule has 4 rings (SSSR count). The smallest absolute Gasteiger partial charge is 0.251 e. The van der Waals surface area contributed by atoms with Gasteiger partial charge in [-0.1, -0.05) is 41.6 Å². The van der Waals surface area contributed by atoms with Crippen LogP contribution in [0.1, 0.15) is 41.0 Å². The van der Waals surface area contributed by atoms with Crippen molar-refractivity contribution in [3.8, 4) is 11.1 Å². The number of rotatable bonds is 10. The number of amides is 3. The fourth-order valence-electron chi connectivity index (χ4n) is 4.07. The van der Waals surface area contributed by atoms with Crippen molar-refractivity contribution in [2.75, 3.05) is 5.32 Å². The zero-order valence-electron chi connectivity index (χ0n) is 21.1. The Hall–Kier alpha value is -4.90. The van der Waals surface area contributed by atoms with Gasteiger partial charge >= 0.3 is 0 Å². The molecule has 0 radical (unpaired) electrons. The van der Waals surface area contributed by atoms with Gasteiger partial charge in [0.1, 0.15) is 11.5 Å². The molecule has 0 bridgehead atoms. The third kappa shape index (κ3) is 7.55. The standard InChI is InChI=1S/C28H27FN6O4/c1-18(36)31-24-11-7-20(8-12-24)22-4-2-3-19(13-22)14-26(15-27(37)33-39)35-17-25(32-34-35)16-30-28(38)21-5-9-23(29)10-6-21/h2-13,17,26,39H,14-16H2,1H3,(H,30,38)(H,31,36)(H,33,37)/t26-/m1/s1. The molecule has 0 aliphatic rings. The van der Waals surface area contributed by atoms with E-state index in [4.69, 9.17) is 5.21 Å². The number of hydroxylamine groups is 1. The summed E-state index contributed by atoms with van der Waals surface area (Å²) < 4.78 is 14.6. The summed E-state index contributed by atoms with van der Waals surface area (Å²) in [5.41, 5.74) is 5.98. The van der Waals surface area contributed by atoms with Crippen LogP contribution in [-0.4, -0.2) is 37.9 Å². The Morgan fingerprint density at radius 2 is 1.74 bits per heavy atom. The van der Waals surface area contributed by atoms with Gasteiger partial charge < -0.3 is 10.6 Å². The number of aromatic nitrogens is 3. The van der Waals surface area contributed by atoms with Gasteiger partial charge in [-0.15, -0.1) is 5.10 Å². The molecule has 0 fully saturated rings. The minimum atomic E-state index is -0.577. The van der Waals surface area contributed by atoms with Crippen LogP contribution in [0.5, 0.6) is 0 Å². The first-order valence-electron chi connectivity index (χ1n) is 12.1. The first-order valence-corrected chi connectivity index (χ1v) is 12.1. The normalized spacial score (nSPS) is 11.5. The highest BCUT2D eigenvalue weighted by Gasteiger charge is 2.19. The van der Waals surface area contributed by atoms with E-state index in [1.807, 2.05) is 48.5 Å². The molecule has 200 valence electrons. The van der Waals surface area contributed by atoms with Crippen molar-refractivity contribution in [1.82, 2.24) is 25.8 Å². The highest BCUT2D eigenvalue weighted by Crippen LogP contribution is 2.25.